The molecule has 0 aliphatic carbocycles. The summed E-state index contributed by atoms with van der Waals surface area (Å²) < 4.78 is 0. The third kappa shape index (κ3) is 5.27. The van der Waals surface area contributed by atoms with E-state index in [4.69, 9.17) is 0 Å². The van der Waals surface area contributed by atoms with E-state index >= 15 is 0 Å². The minimum Gasteiger partial charge on any atom is -0.159 e. The van der Waals surface area contributed by atoms with Gasteiger partial charge in [-0.1, -0.05) is 72.8 Å². The summed E-state index contributed by atoms with van der Waals surface area (Å²) in [6, 6.07) is 20.2. The Labute approximate surface area is 119 Å². The highest BCUT2D eigenvalue weighted by Crippen LogP contribution is 2.00. The largest absolute Gasteiger partial charge is 0.159 e. The maximum Gasteiger partial charge on any atom is 0.0495 e. The van der Waals surface area contributed by atoms with Crippen LogP contribution in [-0.4, -0.2) is 12.4 Å². The van der Waals surface area contributed by atoms with Crippen molar-refractivity contribution in [2.75, 3.05) is 0 Å². The summed E-state index contributed by atoms with van der Waals surface area (Å²) in [7, 11) is 0. The van der Waals surface area contributed by atoms with E-state index in [-0.39, 0.29) is 0 Å². The van der Waals surface area contributed by atoms with Gasteiger partial charge in [-0.2, -0.15) is 10.2 Å². The quantitative estimate of drug-likeness (QED) is 0.559. The molecule has 0 aromatic heterocycles. The van der Waals surface area contributed by atoms with E-state index in [2.05, 4.69) is 10.2 Å². The Morgan fingerprint density at radius 2 is 0.950 bits per heavy atom. The van der Waals surface area contributed by atoms with Gasteiger partial charge < -0.3 is 0 Å². The van der Waals surface area contributed by atoms with Crippen molar-refractivity contribution in [3.05, 3.63) is 83.9 Å². The SMILES string of the molecule is C(/C=C\c1ccccc1)=NN=C/C=C/c1ccccc1. The molecule has 0 saturated carbocycles. The van der Waals surface area contributed by atoms with Gasteiger partial charge >= 0.3 is 0 Å². The zero-order chi connectivity index (χ0) is 13.9. The number of hydrogen-bond donors (Lipinski definition) is 0. The van der Waals surface area contributed by atoms with Crippen molar-refractivity contribution in [2.24, 2.45) is 10.2 Å². The van der Waals surface area contributed by atoms with Crippen LogP contribution < -0.4 is 0 Å². The average molecular weight is 260 g/mol. The highest BCUT2D eigenvalue weighted by atomic mass is 15.2. The first-order valence-electron chi connectivity index (χ1n) is 6.45. The van der Waals surface area contributed by atoms with Crippen molar-refractivity contribution < 1.29 is 0 Å². The first kappa shape index (κ1) is 13.7. The summed E-state index contributed by atoms with van der Waals surface area (Å²) in [5.41, 5.74) is 2.29. The molecule has 2 heteroatoms. The molecule has 0 heterocycles. The smallest absolute Gasteiger partial charge is 0.0495 e. The first-order valence-corrected chi connectivity index (χ1v) is 6.45. The molecule has 0 N–H and O–H groups in total. The molecule has 0 saturated heterocycles. The van der Waals surface area contributed by atoms with E-state index in [1.165, 1.54) is 0 Å². The Hall–Kier alpha value is -2.74. The summed E-state index contributed by atoms with van der Waals surface area (Å²) in [6.07, 6.45) is 11.0. The number of benzene rings is 2. The van der Waals surface area contributed by atoms with Crippen LogP contribution in [0.1, 0.15) is 11.1 Å². The second-order valence-electron chi connectivity index (χ2n) is 4.07. The van der Waals surface area contributed by atoms with Crippen LogP contribution in [0.5, 0.6) is 0 Å². The topological polar surface area (TPSA) is 24.7 Å². The Bertz CT molecular complexity index is 551. The van der Waals surface area contributed by atoms with Crippen LogP contribution >= 0.6 is 0 Å². The average Bonchev–Trinajstić information content (AvgIpc) is 2.52. The lowest BCUT2D eigenvalue weighted by Gasteiger charge is -1.88. The second-order valence-corrected chi connectivity index (χ2v) is 4.07. The van der Waals surface area contributed by atoms with Crippen LogP contribution in [0.15, 0.2) is 83.0 Å². The van der Waals surface area contributed by atoms with Gasteiger partial charge in [0.1, 0.15) is 0 Å². The summed E-state index contributed by atoms with van der Waals surface area (Å²) >= 11 is 0. The molecule has 2 nitrogen and oxygen atoms in total. The van der Waals surface area contributed by atoms with Crippen LogP contribution in [0.2, 0.25) is 0 Å². The summed E-state index contributed by atoms with van der Waals surface area (Å²) in [5, 5.41) is 7.85. The zero-order valence-electron chi connectivity index (χ0n) is 11.1. The van der Waals surface area contributed by atoms with Crippen molar-refractivity contribution in [3.63, 3.8) is 0 Å². The monoisotopic (exact) mass is 260 g/mol. The van der Waals surface area contributed by atoms with Gasteiger partial charge in [-0.15, -0.1) is 0 Å². The molecule has 0 unspecified atom stereocenters. The predicted molar refractivity (Wildman–Crippen MR) is 87.9 cm³/mol. The van der Waals surface area contributed by atoms with Crippen molar-refractivity contribution in [1.82, 2.24) is 0 Å². The molecular weight excluding hydrogens is 244 g/mol. The van der Waals surface area contributed by atoms with Gasteiger partial charge in [0.25, 0.3) is 0 Å². The van der Waals surface area contributed by atoms with Crippen molar-refractivity contribution in [1.29, 1.82) is 0 Å². The van der Waals surface area contributed by atoms with E-state index in [0.29, 0.717) is 0 Å². The number of hydrogen-bond acceptors (Lipinski definition) is 2. The lowest BCUT2D eigenvalue weighted by molar-refractivity contribution is 1.27. The summed E-state index contributed by atoms with van der Waals surface area (Å²) in [6.45, 7) is 0. The molecule has 98 valence electrons. The normalized spacial score (nSPS) is 12.2. The van der Waals surface area contributed by atoms with Crippen molar-refractivity contribution in [3.8, 4) is 0 Å². The fourth-order valence-electron chi connectivity index (χ4n) is 1.59. The molecule has 2 aromatic carbocycles. The van der Waals surface area contributed by atoms with Crippen LogP contribution in [0, 0.1) is 0 Å². The van der Waals surface area contributed by atoms with E-state index in [1.54, 1.807) is 12.4 Å². The summed E-state index contributed by atoms with van der Waals surface area (Å²) in [4.78, 5) is 0. The van der Waals surface area contributed by atoms with Crippen LogP contribution in [0.4, 0.5) is 0 Å². The Kier molecular flexibility index (Phi) is 5.73. The highest BCUT2D eigenvalue weighted by molar-refractivity contribution is 5.81. The lowest BCUT2D eigenvalue weighted by Crippen LogP contribution is -1.70. The van der Waals surface area contributed by atoms with Crippen molar-refractivity contribution >= 4 is 24.6 Å². The van der Waals surface area contributed by atoms with Gasteiger partial charge in [0, 0.05) is 12.4 Å². The van der Waals surface area contributed by atoms with Crippen LogP contribution in [0.3, 0.4) is 0 Å². The minimum atomic E-state index is 1.15. The third-order valence-electron chi connectivity index (χ3n) is 2.55. The minimum absolute atomic E-state index is 1.15. The number of allylic oxidation sites excluding steroid dienone is 2. The molecule has 0 radical (unpaired) electrons. The molecule has 0 atom stereocenters. The summed E-state index contributed by atoms with van der Waals surface area (Å²) in [5.74, 6) is 0. The maximum atomic E-state index is 3.92. The lowest BCUT2D eigenvalue weighted by atomic mass is 10.2. The molecule has 2 rings (SSSR count). The maximum absolute atomic E-state index is 3.92. The molecule has 0 aliphatic rings. The van der Waals surface area contributed by atoms with Gasteiger partial charge in [0.05, 0.1) is 0 Å². The molecule has 0 amide bonds. The molecule has 0 aliphatic heterocycles. The predicted octanol–water partition coefficient (Wildman–Crippen LogP) is 4.47. The van der Waals surface area contributed by atoms with E-state index < -0.39 is 0 Å². The fourth-order valence-corrected chi connectivity index (χ4v) is 1.59. The zero-order valence-corrected chi connectivity index (χ0v) is 11.1. The Balaban J connectivity index is 1.77. The molecule has 20 heavy (non-hydrogen) atoms. The van der Waals surface area contributed by atoms with Gasteiger partial charge in [-0.05, 0) is 23.3 Å². The van der Waals surface area contributed by atoms with E-state index in [0.717, 1.165) is 11.1 Å². The third-order valence-corrected chi connectivity index (χ3v) is 2.55. The van der Waals surface area contributed by atoms with E-state index in [1.807, 2.05) is 85.0 Å². The van der Waals surface area contributed by atoms with Gasteiger partial charge in [0.15, 0.2) is 0 Å². The Morgan fingerprint density at radius 1 is 0.550 bits per heavy atom. The standard InChI is InChI=1S/C18H16N2/c1-3-9-17(10-4-1)13-7-15-19-20-16-8-14-18-11-5-2-6-12-18/h1-16H/b13-7-,14-8+,19-15?,20-16?. The Morgan fingerprint density at radius 3 is 1.35 bits per heavy atom. The molecule has 0 bridgehead atoms. The molecule has 0 fully saturated rings. The van der Waals surface area contributed by atoms with Gasteiger partial charge in [-0.3, -0.25) is 0 Å². The molecule has 2 aromatic rings. The highest BCUT2D eigenvalue weighted by Gasteiger charge is 1.80. The van der Waals surface area contributed by atoms with Crippen LogP contribution in [-0.2, 0) is 0 Å². The first-order chi connectivity index (χ1) is 9.95. The molecule has 0 spiro atoms. The van der Waals surface area contributed by atoms with Gasteiger partial charge in [-0.25, -0.2) is 0 Å². The second kappa shape index (κ2) is 8.38. The van der Waals surface area contributed by atoms with Gasteiger partial charge in [0.2, 0.25) is 0 Å². The van der Waals surface area contributed by atoms with Crippen molar-refractivity contribution in [2.45, 2.75) is 0 Å². The fraction of sp³-hybridized carbons (Fsp3) is 0. The number of rotatable bonds is 5. The van der Waals surface area contributed by atoms with E-state index in [9.17, 15) is 0 Å². The molecular formula is C18H16N2. The number of nitrogens with zero attached hydrogens (tertiary/aromatic N) is 2. The van der Waals surface area contributed by atoms with Crippen LogP contribution in [0.25, 0.3) is 12.2 Å².